The van der Waals surface area contributed by atoms with Crippen LogP contribution in [0.1, 0.15) is 35.4 Å². The fourth-order valence-electron chi connectivity index (χ4n) is 4.81. The van der Waals surface area contributed by atoms with E-state index in [0.29, 0.717) is 16.6 Å². The number of imidazole rings is 1. The van der Waals surface area contributed by atoms with E-state index in [1.54, 1.807) is 6.07 Å². The zero-order chi connectivity index (χ0) is 23.1. The summed E-state index contributed by atoms with van der Waals surface area (Å²) in [5.41, 5.74) is 4.83. The molecule has 0 saturated carbocycles. The highest BCUT2D eigenvalue weighted by Gasteiger charge is 2.32. The molecule has 1 saturated heterocycles. The van der Waals surface area contributed by atoms with Crippen molar-refractivity contribution in [2.45, 2.75) is 45.3 Å². The molecule has 5 rings (SSSR count). The van der Waals surface area contributed by atoms with E-state index < -0.39 is 0 Å². The molecule has 1 fully saturated rings. The lowest BCUT2D eigenvalue weighted by Crippen LogP contribution is -2.49. The summed E-state index contributed by atoms with van der Waals surface area (Å²) in [5, 5.41) is 1.03. The van der Waals surface area contributed by atoms with Gasteiger partial charge in [0.2, 0.25) is 5.91 Å². The molecule has 2 aromatic carbocycles. The van der Waals surface area contributed by atoms with Gasteiger partial charge in [0.05, 0.1) is 22.2 Å². The Labute approximate surface area is 202 Å². The molecule has 3 aromatic rings. The zero-order valence-corrected chi connectivity index (χ0v) is 19.9. The number of piperidine rings is 1. The number of aromatic nitrogens is 2. The second-order valence-electron chi connectivity index (χ2n) is 8.90. The van der Waals surface area contributed by atoms with Crippen molar-refractivity contribution >= 4 is 29.1 Å². The summed E-state index contributed by atoms with van der Waals surface area (Å²) < 4.78 is 13.5. The van der Waals surface area contributed by atoms with Crippen LogP contribution >= 0.6 is 23.2 Å². The number of fused-ring (bicyclic) bond motifs is 1. The van der Waals surface area contributed by atoms with Gasteiger partial charge >= 0.3 is 0 Å². The average Bonchev–Trinajstić information content (AvgIpc) is 3.16. The van der Waals surface area contributed by atoms with Gasteiger partial charge in [-0.1, -0.05) is 29.3 Å². The third-order valence-corrected chi connectivity index (χ3v) is 7.46. The van der Waals surface area contributed by atoms with E-state index >= 15 is 0 Å². The van der Waals surface area contributed by atoms with Crippen molar-refractivity contribution in [1.29, 1.82) is 0 Å². The number of hydrogen-bond donors (Lipinski definition) is 1. The fourth-order valence-corrected chi connectivity index (χ4v) is 5.11. The lowest BCUT2D eigenvalue weighted by Gasteiger charge is -2.40. The Bertz CT molecular complexity index is 1200. The summed E-state index contributed by atoms with van der Waals surface area (Å²) in [6.07, 6.45) is 2.13. The number of aryl methyl sites for hydroxylation is 1. The number of amides is 1. The van der Waals surface area contributed by atoms with E-state index in [-0.39, 0.29) is 24.2 Å². The Hall–Kier alpha value is -2.41. The van der Waals surface area contributed by atoms with Crippen molar-refractivity contribution < 1.29 is 9.18 Å². The number of likely N-dealkylation sites (tertiary alicyclic amines) is 1. The first-order valence-corrected chi connectivity index (χ1v) is 11.9. The Kier molecular flexibility index (Phi) is 6.16. The normalized spacial score (nSPS) is 17.5. The molecule has 2 aliphatic rings. The van der Waals surface area contributed by atoms with E-state index in [1.807, 2.05) is 30.0 Å². The fraction of sp³-hybridized carbons (Fsp3) is 0.360. The smallest absolute Gasteiger partial charge is 0.227 e. The molecule has 0 unspecified atom stereocenters. The third-order valence-electron chi connectivity index (χ3n) is 6.72. The third kappa shape index (κ3) is 4.65. The van der Waals surface area contributed by atoms with Crippen LogP contribution in [-0.4, -0.2) is 44.8 Å². The first-order valence-electron chi connectivity index (χ1n) is 11.2. The van der Waals surface area contributed by atoms with Gasteiger partial charge in [0, 0.05) is 43.5 Å². The molecule has 1 aromatic heterocycles. The summed E-state index contributed by atoms with van der Waals surface area (Å²) >= 11 is 12.2. The number of hydrogen-bond acceptors (Lipinski definition) is 3. The van der Waals surface area contributed by atoms with Gasteiger partial charge in [-0.25, -0.2) is 9.37 Å². The van der Waals surface area contributed by atoms with E-state index in [2.05, 4.69) is 9.88 Å². The van der Waals surface area contributed by atoms with Gasteiger partial charge in [-0.3, -0.25) is 9.69 Å². The maximum Gasteiger partial charge on any atom is 0.227 e. The standard InChI is InChI=1S/C25H25Cl2FN4O/c1-15-23(30-25(29-15)16-3-5-21(26)22(27)11-16)14-31-8-6-20(7-9-31)32-13-17-2-4-19(28)10-18(17)12-24(32)33/h2-5,10-11,20H,6-9,12-14H2,1H3,(H,29,30). The van der Waals surface area contributed by atoms with E-state index in [1.165, 1.54) is 12.1 Å². The molecule has 2 aliphatic heterocycles. The van der Waals surface area contributed by atoms with Crippen LogP contribution in [0.3, 0.4) is 0 Å². The van der Waals surface area contributed by atoms with Crippen molar-refractivity contribution in [3.63, 3.8) is 0 Å². The second-order valence-corrected chi connectivity index (χ2v) is 9.72. The number of nitrogens with one attached hydrogen (secondary N) is 1. The minimum absolute atomic E-state index is 0.0981. The van der Waals surface area contributed by atoms with Gasteiger partial charge in [-0.15, -0.1) is 0 Å². The molecule has 5 nitrogen and oxygen atoms in total. The molecule has 0 spiro atoms. The number of carbonyl (C=O) groups is 1. The van der Waals surface area contributed by atoms with Crippen LogP contribution in [0.2, 0.25) is 10.0 Å². The van der Waals surface area contributed by atoms with Gasteiger partial charge < -0.3 is 9.88 Å². The lowest BCUT2D eigenvalue weighted by atomic mass is 9.94. The molecule has 0 atom stereocenters. The number of halogens is 3. The largest absolute Gasteiger partial charge is 0.342 e. The summed E-state index contributed by atoms with van der Waals surface area (Å²) in [5.74, 6) is 0.602. The highest BCUT2D eigenvalue weighted by atomic mass is 35.5. The topological polar surface area (TPSA) is 52.2 Å². The van der Waals surface area contributed by atoms with Gasteiger partial charge in [0.1, 0.15) is 11.6 Å². The summed E-state index contributed by atoms with van der Waals surface area (Å²) in [7, 11) is 0. The van der Waals surface area contributed by atoms with E-state index in [4.69, 9.17) is 28.2 Å². The van der Waals surface area contributed by atoms with Crippen LogP contribution in [0.4, 0.5) is 4.39 Å². The van der Waals surface area contributed by atoms with Gasteiger partial charge in [0.25, 0.3) is 0 Å². The highest BCUT2D eigenvalue weighted by molar-refractivity contribution is 6.42. The SMILES string of the molecule is Cc1[nH]c(-c2ccc(Cl)c(Cl)c2)nc1CN1CCC(N2Cc3ccc(F)cc3CC2=O)CC1. The minimum atomic E-state index is -0.278. The van der Waals surface area contributed by atoms with Crippen molar-refractivity contribution in [2.24, 2.45) is 0 Å². The maximum atomic E-state index is 13.5. The quantitative estimate of drug-likeness (QED) is 0.538. The van der Waals surface area contributed by atoms with Crippen LogP contribution in [0.5, 0.6) is 0 Å². The number of aromatic amines is 1. The van der Waals surface area contributed by atoms with Crippen molar-refractivity contribution in [3.8, 4) is 11.4 Å². The molecular weight excluding hydrogens is 462 g/mol. The molecule has 1 amide bonds. The first kappa shape index (κ1) is 22.4. The van der Waals surface area contributed by atoms with Crippen LogP contribution in [0.25, 0.3) is 11.4 Å². The van der Waals surface area contributed by atoms with Gasteiger partial charge in [-0.2, -0.15) is 0 Å². The predicted molar refractivity (Wildman–Crippen MR) is 128 cm³/mol. The summed E-state index contributed by atoms with van der Waals surface area (Å²) in [6.45, 7) is 5.16. The van der Waals surface area contributed by atoms with Crippen LogP contribution in [-0.2, 0) is 24.3 Å². The predicted octanol–water partition coefficient (Wildman–Crippen LogP) is 5.38. The lowest BCUT2D eigenvalue weighted by molar-refractivity contribution is -0.135. The first-order chi connectivity index (χ1) is 15.9. The van der Waals surface area contributed by atoms with Crippen LogP contribution in [0, 0.1) is 12.7 Å². The molecule has 0 bridgehead atoms. The minimum Gasteiger partial charge on any atom is -0.342 e. The van der Waals surface area contributed by atoms with Gasteiger partial charge in [0.15, 0.2) is 0 Å². The number of carbonyl (C=O) groups excluding carboxylic acids is 1. The molecular formula is C25H25Cl2FN4O. The highest BCUT2D eigenvalue weighted by Crippen LogP contribution is 2.29. The second kappa shape index (κ2) is 9.09. The maximum absolute atomic E-state index is 13.5. The monoisotopic (exact) mass is 486 g/mol. The molecule has 8 heteroatoms. The van der Waals surface area contributed by atoms with E-state index in [0.717, 1.165) is 66.4 Å². The average molecular weight is 487 g/mol. The Morgan fingerprint density at radius 1 is 1.09 bits per heavy atom. The van der Waals surface area contributed by atoms with Crippen molar-refractivity contribution in [2.75, 3.05) is 13.1 Å². The zero-order valence-electron chi connectivity index (χ0n) is 18.4. The molecule has 0 aliphatic carbocycles. The summed E-state index contributed by atoms with van der Waals surface area (Å²) in [4.78, 5) is 25.3. The number of rotatable bonds is 4. The Morgan fingerprint density at radius 2 is 1.88 bits per heavy atom. The molecule has 3 heterocycles. The molecule has 1 N–H and O–H groups in total. The molecule has 33 heavy (non-hydrogen) atoms. The number of nitrogens with zero attached hydrogens (tertiary/aromatic N) is 3. The molecule has 172 valence electrons. The van der Waals surface area contributed by atoms with Crippen LogP contribution in [0.15, 0.2) is 36.4 Å². The van der Waals surface area contributed by atoms with Crippen molar-refractivity contribution in [3.05, 3.63) is 74.8 Å². The van der Waals surface area contributed by atoms with E-state index in [9.17, 15) is 9.18 Å². The molecule has 0 radical (unpaired) electrons. The Balaban J connectivity index is 1.21. The Morgan fingerprint density at radius 3 is 2.64 bits per heavy atom. The van der Waals surface area contributed by atoms with Crippen molar-refractivity contribution in [1.82, 2.24) is 19.8 Å². The van der Waals surface area contributed by atoms with Gasteiger partial charge in [-0.05, 0) is 61.2 Å². The summed E-state index contributed by atoms with van der Waals surface area (Å²) in [6, 6.07) is 10.5. The number of benzene rings is 2. The van der Waals surface area contributed by atoms with Crippen LogP contribution < -0.4 is 0 Å². The number of H-pyrrole nitrogens is 1.